The molecule has 0 bridgehead atoms. The van der Waals surface area contributed by atoms with Crippen LogP contribution < -0.4 is 0 Å². The second kappa shape index (κ2) is 9.74. The van der Waals surface area contributed by atoms with Crippen LogP contribution in [0.1, 0.15) is 69.0 Å². The third-order valence-electron chi connectivity index (χ3n) is 6.13. The standard InChI is InChI=1S/C27H38N2OS2/c1-26(2,3)21-17-20(18-22(23(21)30)27(4,5)6)24(19-11-9-8-10-12-19)32-25(31)29-15-13-28(7)14-16-29/h8-12,17-18,24,30H,13-16H2,1-7H3. The molecule has 0 aromatic heterocycles. The topological polar surface area (TPSA) is 26.7 Å². The predicted molar refractivity (Wildman–Crippen MR) is 143 cm³/mol. The summed E-state index contributed by atoms with van der Waals surface area (Å²) in [5, 5.41) is 11.3. The molecule has 1 aliphatic heterocycles. The van der Waals surface area contributed by atoms with Crippen molar-refractivity contribution in [3.8, 4) is 5.75 Å². The Balaban J connectivity index is 2.08. The fourth-order valence-electron chi connectivity index (χ4n) is 4.07. The number of phenols is 1. The maximum absolute atomic E-state index is 11.2. The van der Waals surface area contributed by atoms with Crippen molar-refractivity contribution in [1.82, 2.24) is 9.80 Å². The molecule has 0 saturated carbocycles. The van der Waals surface area contributed by atoms with Crippen LogP contribution in [-0.2, 0) is 10.8 Å². The highest BCUT2D eigenvalue weighted by molar-refractivity contribution is 8.23. The minimum absolute atomic E-state index is 0.0751. The van der Waals surface area contributed by atoms with Gasteiger partial charge >= 0.3 is 0 Å². The minimum Gasteiger partial charge on any atom is -0.507 e. The zero-order chi connectivity index (χ0) is 23.7. The van der Waals surface area contributed by atoms with E-state index in [9.17, 15) is 5.11 Å². The number of phenolic OH excluding ortho intramolecular Hbond substituents is 1. The van der Waals surface area contributed by atoms with Crippen molar-refractivity contribution in [3.05, 3.63) is 64.7 Å². The number of thiocarbonyl (C=S) groups is 1. The number of thioether (sulfide) groups is 1. The summed E-state index contributed by atoms with van der Waals surface area (Å²) in [5.74, 6) is 0.423. The van der Waals surface area contributed by atoms with Crippen LogP contribution in [-0.4, -0.2) is 52.5 Å². The lowest BCUT2D eigenvalue weighted by molar-refractivity contribution is 0.220. The first-order valence-corrected chi connectivity index (χ1v) is 12.7. The van der Waals surface area contributed by atoms with Gasteiger partial charge in [0.25, 0.3) is 0 Å². The molecule has 174 valence electrons. The molecule has 1 heterocycles. The highest BCUT2D eigenvalue weighted by Gasteiger charge is 2.30. The largest absolute Gasteiger partial charge is 0.507 e. The summed E-state index contributed by atoms with van der Waals surface area (Å²) >= 11 is 7.71. The molecule has 32 heavy (non-hydrogen) atoms. The number of rotatable bonds is 3. The SMILES string of the molecule is CN1CCN(C(=S)SC(c2ccccc2)c2cc(C(C)(C)C)c(O)c(C(C)(C)C)c2)CC1. The van der Waals surface area contributed by atoms with Crippen LogP contribution in [0.4, 0.5) is 0 Å². The first-order valence-electron chi connectivity index (χ1n) is 11.4. The van der Waals surface area contributed by atoms with Gasteiger partial charge in [-0.3, -0.25) is 0 Å². The predicted octanol–water partition coefficient (Wildman–Crippen LogP) is 6.34. The maximum atomic E-state index is 11.2. The molecular weight excluding hydrogens is 432 g/mol. The van der Waals surface area contributed by atoms with E-state index in [0.717, 1.165) is 41.6 Å². The summed E-state index contributed by atoms with van der Waals surface area (Å²) in [5.41, 5.74) is 4.09. The highest BCUT2D eigenvalue weighted by atomic mass is 32.2. The van der Waals surface area contributed by atoms with Gasteiger partial charge < -0.3 is 14.9 Å². The molecule has 2 aromatic carbocycles. The van der Waals surface area contributed by atoms with Gasteiger partial charge in [-0.05, 0) is 40.1 Å². The number of hydrogen-bond donors (Lipinski definition) is 1. The van der Waals surface area contributed by atoms with E-state index < -0.39 is 0 Å². The molecule has 3 rings (SSSR count). The van der Waals surface area contributed by atoms with Crippen molar-refractivity contribution in [3.63, 3.8) is 0 Å². The molecule has 2 aromatic rings. The van der Waals surface area contributed by atoms with Crippen LogP contribution in [0.2, 0.25) is 0 Å². The minimum atomic E-state index is -0.163. The van der Waals surface area contributed by atoms with Gasteiger partial charge in [0, 0.05) is 26.2 Å². The third kappa shape index (κ3) is 5.86. The van der Waals surface area contributed by atoms with Gasteiger partial charge in [-0.15, -0.1) is 0 Å². The van der Waals surface area contributed by atoms with Crippen molar-refractivity contribution in [2.24, 2.45) is 0 Å². The molecule has 0 radical (unpaired) electrons. The van der Waals surface area contributed by atoms with Crippen molar-refractivity contribution in [2.75, 3.05) is 33.2 Å². The second-order valence-electron chi connectivity index (χ2n) is 10.9. The van der Waals surface area contributed by atoms with Crippen LogP contribution in [0, 0.1) is 0 Å². The molecule has 0 aliphatic carbocycles. The fraction of sp³-hybridized carbons (Fsp3) is 0.519. The highest BCUT2D eigenvalue weighted by Crippen LogP contribution is 2.45. The molecule has 5 heteroatoms. The van der Waals surface area contributed by atoms with Crippen LogP contribution in [0.3, 0.4) is 0 Å². The molecule has 0 spiro atoms. The van der Waals surface area contributed by atoms with Gasteiger partial charge in [0.05, 0.1) is 5.25 Å². The van der Waals surface area contributed by atoms with Crippen molar-refractivity contribution in [2.45, 2.75) is 57.6 Å². The van der Waals surface area contributed by atoms with Crippen LogP contribution >= 0.6 is 24.0 Å². The van der Waals surface area contributed by atoms with E-state index in [0.29, 0.717) is 5.75 Å². The average Bonchev–Trinajstić information content (AvgIpc) is 2.71. The van der Waals surface area contributed by atoms with Gasteiger partial charge in [-0.25, -0.2) is 0 Å². The zero-order valence-corrected chi connectivity index (χ0v) is 22.2. The zero-order valence-electron chi connectivity index (χ0n) is 20.6. The summed E-state index contributed by atoms with van der Waals surface area (Å²) in [6.07, 6.45) is 0. The monoisotopic (exact) mass is 470 g/mol. The Hall–Kier alpha value is -1.56. The Morgan fingerprint density at radius 1 is 0.875 bits per heavy atom. The molecule has 0 amide bonds. The summed E-state index contributed by atoms with van der Waals surface area (Å²) in [4.78, 5) is 4.69. The smallest absolute Gasteiger partial charge is 0.137 e. The van der Waals surface area contributed by atoms with Gasteiger partial charge in [-0.2, -0.15) is 0 Å². The molecular formula is C27H38N2OS2. The number of aromatic hydroxyl groups is 1. The van der Waals surface area contributed by atoms with E-state index in [1.807, 2.05) is 0 Å². The Morgan fingerprint density at radius 3 is 1.84 bits per heavy atom. The Labute approximate surface area is 204 Å². The Kier molecular flexibility index (Phi) is 7.63. The van der Waals surface area contributed by atoms with Gasteiger partial charge in [-0.1, -0.05) is 108 Å². The van der Waals surface area contributed by atoms with Crippen molar-refractivity contribution < 1.29 is 5.11 Å². The third-order valence-corrected chi connectivity index (χ3v) is 7.92. The van der Waals surface area contributed by atoms with Crippen molar-refractivity contribution >= 4 is 28.3 Å². The molecule has 1 atom stereocenters. The molecule has 1 fully saturated rings. The average molecular weight is 471 g/mol. The number of benzene rings is 2. The molecule has 3 nitrogen and oxygen atoms in total. The summed E-state index contributed by atoms with van der Waals surface area (Å²) < 4.78 is 0.953. The summed E-state index contributed by atoms with van der Waals surface area (Å²) in [6, 6.07) is 15.0. The van der Waals surface area contributed by atoms with E-state index >= 15 is 0 Å². The lowest BCUT2D eigenvalue weighted by Gasteiger charge is -2.35. The van der Waals surface area contributed by atoms with E-state index in [1.54, 1.807) is 11.8 Å². The Morgan fingerprint density at radius 2 is 1.38 bits per heavy atom. The van der Waals surface area contributed by atoms with E-state index in [2.05, 4.69) is 101 Å². The molecule has 1 saturated heterocycles. The summed E-state index contributed by atoms with van der Waals surface area (Å²) in [6.45, 7) is 17.0. The van der Waals surface area contributed by atoms with Gasteiger partial charge in [0.1, 0.15) is 10.1 Å². The lowest BCUT2D eigenvalue weighted by atomic mass is 9.78. The van der Waals surface area contributed by atoms with Crippen LogP contribution in [0.5, 0.6) is 5.75 Å². The first kappa shape index (κ1) is 25.1. The second-order valence-corrected chi connectivity index (χ2v) is 12.7. The Bertz CT molecular complexity index is 901. The summed E-state index contributed by atoms with van der Waals surface area (Å²) in [7, 11) is 2.17. The van der Waals surface area contributed by atoms with Crippen LogP contribution in [0.25, 0.3) is 0 Å². The number of nitrogens with zero attached hydrogens (tertiary/aromatic N) is 2. The number of hydrogen-bond acceptors (Lipinski definition) is 4. The fourth-order valence-corrected chi connectivity index (χ4v) is 5.64. The van der Waals surface area contributed by atoms with Gasteiger partial charge in [0.15, 0.2) is 0 Å². The van der Waals surface area contributed by atoms with Crippen LogP contribution in [0.15, 0.2) is 42.5 Å². The van der Waals surface area contributed by atoms with E-state index in [4.69, 9.17) is 12.2 Å². The quantitative estimate of drug-likeness (QED) is 0.528. The number of likely N-dealkylation sites (N-methyl/N-ethyl adjacent to an activating group) is 1. The van der Waals surface area contributed by atoms with E-state index in [1.165, 1.54) is 11.1 Å². The van der Waals surface area contributed by atoms with Crippen molar-refractivity contribution in [1.29, 1.82) is 0 Å². The normalized spacial score (nSPS) is 16.8. The maximum Gasteiger partial charge on any atom is 0.137 e. The number of piperazine rings is 1. The molecule has 1 unspecified atom stereocenters. The van der Waals surface area contributed by atoms with E-state index in [-0.39, 0.29) is 16.1 Å². The molecule has 1 N–H and O–H groups in total. The first-order chi connectivity index (χ1) is 14.9. The van der Waals surface area contributed by atoms with Gasteiger partial charge in [0.2, 0.25) is 0 Å². The lowest BCUT2D eigenvalue weighted by Crippen LogP contribution is -2.45. The molecule has 1 aliphatic rings.